The molecule has 630 valence electrons. The van der Waals surface area contributed by atoms with Gasteiger partial charge in [-0.25, -0.2) is 9.13 Å². The summed E-state index contributed by atoms with van der Waals surface area (Å²) in [5.41, 5.74) is 0. The summed E-state index contributed by atoms with van der Waals surface area (Å²) in [6.07, 6.45) is 68.0. The van der Waals surface area contributed by atoms with Crippen molar-refractivity contribution in [3.63, 3.8) is 0 Å². The van der Waals surface area contributed by atoms with Crippen LogP contribution >= 0.6 is 15.6 Å². The van der Waals surface area contributed by atoms with Gasteiger partial charge in [-0.3, -0.25) is 37.3 Å². The molecule has 106 heavy (non-hydrogen) atoms. The zero-order chi connectivity index (χ0) is 77.9. The number of carbonyl (C=O) groups is 4. The Kier molecular flexibility index (Phi) is 75.6. The Bertz CT molecular complexity index is 2050. The molecule has 0 aromatic rings. The van der Waals surface area contributed by atoms with E-state index in [1.54, 1.807) is 0 Å². The highest BCUT2D eigenvalue weighted by Gasteiger charge is 2.31. The van der Waals surface area contributed by atoms with Gasteiger partial charge in [-0.05, 0) is 43.4 Å². The van der Waals surface area contributed by atoms with Gasteiger partial charge in [0.1, 0.15) is 19.3 Å². The summed E-state index contributed by atoms with van der Waals surface area (Å²) in [4.78, 5) is 73.3. The third-order valence-electron chi connectivity index (χ3n) is 20.7. The molecule has 0 aromatic carbocycles. The third-order valence-corrected chi connectivity index (χ3v) is 22.6. The van der Waals surface area contributed by atoms with Crippen LogP contribution in [0.1, 0.15) is 459 Å². The smallest absolute Gasteiger partial charge is 0.462 e. The number of hydrogen-bond acceptors (Lipinski definition) is 15. The van der Waals surface area contributed by atoms with E-state index >= 15 is 0 Å². The fourth-order valence-corrected chi connectivity index (χ4v) is 15.1. The maximum Gasteiger partial charge on any atom is 0.472 e. The Morgan fingerprint density at radius 2 is 0.481 bits per heavy atom. The summed E-state index contributed by atoms with van der Waals surface area (Å²) < 4.78 is 69.0. The quantitative estimate of drug-likeness (QED) is 0.0222. The monoisotopic (exact) mass is 1550 g/mol. The molecule has 0 aliphatic heterocycles. The molecule has 0 amide bonds. The molecule has 3 unspecified atom stereocenters. The van der Waals surface area contributed by atoms with Gasteiger partial charge in [0.05, 0.1) is 26.4 Å². The fraction of sp³-hybridized carbons (Fsp3) is 0.954. The molecule has 6 atom stereocenters. The minimum Gasteiger partial charge on any atom is -0.462 e. The van der Waals surface area contributed by atoms with E-state index in [1.807, 2.05) is 0 Å². The van der Waals surface area contributed by atoms with Gasteiger partial charge in [-0.1, -0.05) is 408 Å². The largest absolute Gasteiger partial charge is 0.472 e. The molecule has 0 radical (unpaired) electrons. The van der Waals surface area contributed by atoms with Gasteiger partial charge >= 0.3 is 39.5 Å². The lowest BCUT2D eigenvalue weighted by atomic mass is 9.99. The van der Waals surface area contributed by atoms with E-state index in [9.17, 15) is 43.2 Å². The average Bonchev–Trinajstić information content (AvgIpc) is 0.929. The van der Waals surface area contributed by atoms with Gasteiger partial charge in [0.2, 0.25) is 0 Å². The predicted octanol–water partition coefficient (Wildman–Crippen LogP) is 26.5. The van der Waals surface area contributed by atoms with E-state index in [2.05, 4.69) is 48.5 Å². The van der Waals surface area contributed by atoms with Gasteiger partial charge in [0.15, 0.2) is 12.2 Å². The van der Waals surface area contributed by atoms with Crippen molar-refractivity contribution < 1.29 is 80.2 Å². The number of aliphatic hydroxyl groups excluding tert-OH is 1. The summed E-state index contributed by atoms with van der Waals surface area (Å²) in [5.74, 6) is 0.282. The number of phosphoric acid groups is 2. The maximum absolute atomic E-state index is 13.2. The van der Waals surface area contributed by atoms with Crippen molar-refractivity contribution in [1.29, 1.82) is 0 Å². The highest BCUT2D eigenvalue weighted by molar-refractivity contribution is 7.47. The van der Waals surface area contributed by atoms with E-state index in [0.29, 0.717) is 25.7 Å². The second-order valence-electron chi connectivity index (χ2n) is 32.5. The number of aliphatic hydroxyl groups is 1. The summed E-state index contributed by atoms with van der Waals surface area (Å²) in [5, 5.41) is 10.7. The molecule has 0 rings (SSSR count). The molecule has 0 bridgehead atoms. The number of unbranched alkanes of at least 4 members (excludes halogenated alkanes) is 52. The van der Waals surface area contributed by atoms with Crippen LogP contribution in [0.5, 0.6) is 0 Å². The van der Waals surface area contributed by atoms with Crippen LogP contribution in [0.25, 0.3) is 0 Å². The van der Waals surface area contributed by atoms with Gasteiger partial charge in [-0.15, -0.1) is 0 Å². The molecule has 0 saturated carbocycles. The van der Waals surface area contributed by atoms with Crippen molar-refractivity contribution in [2.75, 3.05) is 39.6 Å². The van der Waals surface area contributed by atoms with Gasteiger partial charge in [0, 0.05) is 25.7 Å². The normalized spacial score (nSPS) is 14.1. The molecule has 0 aromatic heterocycles. The standard InChI is InChI=1S/C87H170O17P2/c1-8-10-11-12-13-14-15-16-17-20-24-29-34-39-47-54-61-68-84(89)97-74-82(103-86(91)70-63-56-49-40-35-30-25-22-19-18-21-23-27-32-37-44-51-58-65-78(3)4)76-101-105(93,94)99-72-81(88)73-100-106(95,96)102-77-83(75-98-85(90)69-62-55-48-43-42-46-53-60-67-80(7)9-2)104-87(92)71-64-57-50-41-36-31-26-28-33-38-45-52-59-66-79(5)6/h78-83,88H,8-77H2,1-7H3,(H,93,94)(H,95,96)/t80?,81-,82-,83-/m1/s1. The first-order valence-corrected chi connectivity index (χ1v) is 47.9. The molecule has 19 heteroatoms. The van der Waals surface area contributed by atoms with Crippen molar-refractivity contribution in [3.8, 4) is 0 Å². The molecule has 0 saturated heterocycles. The molecule has 0 heterocycles. The number of rotatable bonds is 85. The predicted molar refractivity (Wildman–Crippen MR) is 437 cm³/mol. The van der Waals surface area contributed by atoms with Gasteiger partial charge in [-0.2, -0.15) is 0 Å². The van der Waals surface area contributed by atoms with Crippen LogP contribution in [-0.4, -0.2) is 96.7 Å². The molecule has 3 N–H and O–H groups in total. The SMILES string of the molecule is CCCCCCCCCCCCCCCCCCCC(=O)OC[C@H](COP(=O)(O)OC[C@@H](O)COP(=O)(O)OC[C@@H](COC(=O)CCCCCCCCCCC(C)CC)OC(=O)CCCCCCCCCCCCCCCC(C)C)OC(=O)CCCCCCCCCCCCCCCCCCCCC(C)C. The topological polar surface area (TPSA) is 237 Å². The Balaban J connectivity index is 5.26. The maximum atomic E-state index is 13.2. The van der Waals surface area contributed by atoms with Crippen LogP contribution in [0.3, 0.4) is 0 Å². The lowest BCUT2D eigenvalue weighted by Crippen LogP contribution is -2.30. The lowest BCUT2D eigenvalue weighted by molar-refractivity contribution is -0.161. The number of phosphoric ester groups is 2. The first-order chi connectivity index (χ1) is 51.3. The summed E-state index contributed by atoms with van der Waals surface area (Å²) in [6.45, 7) is 12.0. The van der Waals surface area contributed by atoms with E-state index < -0.39 is 97.5 Å². The van der Waals surface area contributed by atoms with Crippen LogP contribution in [0.2, 0.25) is 0 Å². The first kappa shape index (κ1) is 104. The molecule has 0 fully saturated rings. The van der Waals surface area contributed by atoms with Crippen LogP contribution in [-0.2, 0) is 65.4 Å². The summed E-state index contributed by atoms with van der Waals surface area (Å²) >= 11 is 0. The van der Waals surface area contributed by atoms with E-state index in [1.165, 1.54) is 270 Å². The number of ether oxygens (including phenoxy) is 4. The van der Waals surface area contributed by atoms with E-state index in [-0.39, 0.29) is 25.7 Å². The molecule has 17 nitrogen and oxygen atoms in total. The van der Waals surface area contributed by atoms with Crippen LogP contribution < -0.4 is 0 Å². The number of esters is 4. The summed E-state index contributed by atoms with van der Waals surface area (Å²) in [7, 11) is -9.93. The molecule has 0 aliphatic carbocycles. The van der Waals surface area contributed by atoms with Crippen molar-refractivity contribution in [2.45, 2.75) is 478 Å². The third kappa shape index (κ3) is 78.7. The molecular weight excluding hydrogens is 1380 g/mol. The van der Waals surface area contributed by atoms with Crippen LogP contribution in [0.15, 0.2) is 0 Å². The zero-order valence-electron chi connectivity index (χ0n) is 69.9. The fourth-order valence-electron chi connectivity index (χ4n) is 13.5. The van der Waals surface area contributed by atoms with Crippen molar-refractivity contribution in [1.82, 2.24) is 0 Å². The highest BCUT2D eigenvalue weighted by Crippen LogP contribution is 2.45. The zero-order valence-corrected chi connectivity index (χ0v) is 71.7. The number of hydrogen-bond donors (Lipinski definition) is 3. The average molecular weight is 1550 g/mol. The van der Waals surface area contributed by atoms with Crippen LogP contribution in [0.4, 0.5) is 0 Å². The minimum absolute atomic E-state index is 0.107. The van der Waals surface area contributed by atoms with Crippen molar-refractivity contribution in [2.24, 2.45) is 17.8 Å². The van der Waals surface area contributed by atoms with Gasteiger partial charge in [0.25, 0.3) is 0 Å². The second-order valence-corrected chi connectivity index (χ2v) is 35.4. The van der Waals surface area contributed by atoms with Gasteiger partial charge < -0.3 is 33.8 Å². The summed E-state index contributed by atoms with van der Waals surface area (Å²) in [6, 6.07) is 0. The van der Waals surface area contributed by atoms with E-state index in [4.69, 9.17) is 37.0 Å². The van der Waals surface area contributed by atoms with Crippen molar-refractivity contribution >= 4 is 39.5 Å². The van der Waals surface area contributed by atoms with Crippen molar-refractivity contribution in [3.05, 3.63) is 0 Å². The Morgan fingerprint density at radius 3 is 0.717 bits per heavy atom. The first-order valence-electron chi connectivity index (χ1n) is 44.9. The molecular formula is C87H170O17P2. The van der Waals surface area contributed by atoms with E-state index in [0.717, 1.165) is 108 Å². The Morgan fingerprint density at radius 1 is 0.274 bits per heavy atom. The Labute approximate surface area is 651 Å². The highest BCUT2D eigenvalue weighted by atomic mass is 31.2. The Hall–Kier alpha value is -1.94. The molecule has 0 aliphatic rings. The van der Waals surface area contributed by atoms with Crippen LogP contribution in [0, 0.1) is 17.8 Å². The molecule has 0 spiro atoms. The second kappa shape index (κ2) is 77.0. The number of carbonyl (C=O) groups excluding carboxylic acids is 4. The lowest BCUT2D eigenvalue weighted by Gasteiger charge is -2.21. The minimum atomic E-state index is -4.97.